The summed E-state index contributed by atoms with van der Waals surface area (Å²) in [5, 5.41) is 12.4. The molecule has 1 saturated heterocycles. The van der Waals surface area contributed by atoms with Crippen LogP contribution in [0.25, 0.3) is 16.9 Å². The summed E-state index contributed by atoms with van der Waals surface area (Å²) in [6.45, 7) is 6.61. The van der Waals surface area contributed by atoms with Crippen molar-refractivity contribution in [2.45, 2.75) is 19.9 Å². The Morgan fingerprint density at radius 2 is 1.65 bits per heavy atom. The van der Waals surface area contributed by atoms with E-state index in [1.165, 1.54) is 12.1 Å². The molecule has 0 bridgehead atoms. The number of nitrogens with zero attached hydrogens (tertiary/aromatic N) is 5. The van der Waals surface area contributed by atoms with E-state index in [0.717, 1.165) is 59.4 Å². The van der Waals surface area contributed by atoms with E-state index in [1.807, 2.05) is 68.3 Å². The molecular formula is C31H37F2N7O3. The molecule has 10 nitrogen and oxygen atoms in total. The number of hydrogen-bond acceptors (Lipinski definition) is 8. The number of halogens is 2. The molecule has 5 rings (SSSR count). The Balaban J connectivity index is 0.000000247. The lowest BCUT2D eigenvalue weighted by Crippen LogP contribution is -2.33. The number of hydroxylamine groups is 2. The van der Waals surface area contributed by atoms with Crippen LogP contribution in [0.3, 0.4) is 0 Å². The third-order valence-electron chi connectivity index (χ3n) is 5.97. The van der Waals surface area contributed by atoms with E-state index in [1.54, 1.807) is 12.2 Å². The highest BCUT2D eigenvalue weighted by molar-refractivity contribution is 5.69. The molecule has 1 aliphatic heterocycles. The van der Waals surface area contributed by atoms with Crippen LogP contribution >= 0.6 is 0 Å². The molecule has 228 valence electrons. The van der Waals surface area contributed by atoms with E-state index in [2.05, 4.69) is 33.4 Å². The first-order chi connectivity index (χ1) is 20.9. The summed E-state index contributed by atoms with van der Waals surface area (Å²) in [6.07, 6.45) is 12.3. The molecule has 0 aliphatic carbocycles. The molecule has 43 heavy (non-hydrogen) atoms. The van der Waals surface area contributed by atoms with Crippen molar-refractivity contribution in [1.29, 1.82) is 0 Å². The maximum Gasteiger partial charge on any atom is 0.207 e. The molecule has 2 aromatic carbocycles. The van der Waals surface area contributed by atoms with Crippen molar-refractivity contribution in [3.8, 4) is 29.8 Å². The number of carbonyl (C=O) groups is 1. The van der Waals surface area contributed by atoms with Crippen molar-refractivity contribution in [3.63, 3.8) is 0 Å². The molecule has 4 aromatic rings. The largest absolute Gasteiger partial charge is 0.383 e. The number of anilines is 1. The molecule has 2 N–H and O–H groups in total. The quantitative estimate of drug-likeness (QED) is 0.231. The van der Waals surface area contributed by atoms with Crippen LogP contribution < -0.4 is 10.6 Å². The number of benzene rings is 2. The second kappa shape index (κ2) is 18.7. The van der Waals surface area contributed by atoms with Gasteiger partial charge in [-0.15, -0.1) is 12.8 Å². The minimum Gasteiger partial charge on any atom is -0.383 e. The van der Waals surface area contributed by atoms with Crippen molar-refractivity contribution in [2.24, 2.45) is 0 Å². The van der Waals surface area contributed by atoms with E-state index < -0.39 is 11.6 Å². The van der Waals surface area contributed by atoms with Gasteiger partial charge in [0.25, 0.3) is 0 Å². The van der Waals surface area contributed by atoms with Crippen LogP contribution in [0.1, 0.15) is 11.4 Å². The predicted octanol–water partition coefficient (Wildman–Crippen LogP) is 4.20. The molecule has 0 spiro atoms. The zero-order valence-corrected chi connectivity index (χ0v) is 24.7. The highest BCUT2D eigenvalue weighted by Gasteiger charge is 2.22. The number of aryl methyl sites for hydroxylation is 1. The second-order valence-electron chi connectivity index (χ2n) is 8.91. The first kappa shape index (κ1) is 34.5. The van der Waals surface area contributed by atoms with Gasteiger partial charge in [-0.25, -0.2) is 23.4 Å². The average Bonchev–Trinajstić information content (AvgIpc) is 3.63. The topological polar surface area (TPSA) is 106 Å². The standard InChI is InChI=1S/C16H17N5.C7H14N2O3.C6H4F2.C2H2/c1-11-15(13-9-18-12(2)19-10-13)20-21(16(11)17-3)14-7-5-4-6-8-14;1-11-3-2-9-4-7(5-12-9)8-6-10;7-5-3-1-2-4-6(5)8;1-2/h4-10,17H,1-3H3;6-7H,2-5H2,1H3,(H,8,10);1-4H;1-2H/t;7-;;/m.1../s1. The summed E-state index contributed by atoms with van der Waals surface area (Å²) in [5.74, 6) is 0.129. The third-order valence-corrected chi connectivity index (χ3v) is 5.97. The summed E-state index contributed by atoms with van der Waals surface area (Å²) in [4.78, 5) is 23.8. The first-order valence-corrected chi connectivity index (χ1v) is 13.3. The maximum absolute atomic E-state index is 11.9. The Morgan fingerprint density at radius 1 is 1.05 bits per heavy atom. The number of rotatable bonds is 8. The van der Waals surface area contributed by atoms with Gasteiger partial charge in [-0.05, 0) is 38.1 Å². The molecule has 3 heterocycles. The summed E-state index contributed by atoms with van der Waals surface area (Å²) < 4.78 is 30.7. The number of carbonyl (C=O) groups excluding carboxylic acids is 1. The fraction of sp³-hybridized carbons (Fsp3) is 0.290. The van der Waals surface area contributed by atoms with Crippen molar-refractivity contribution < 1.29 is 23.1 Å². The van der Waals surface area contributed by atoms with Crippen molar-refractivity contribution >= 4 is 12.2 Å². The Kier molecular flexibility index (Phi) is 15.0. The minimum absolute atomic E-state index is 0.124. The molecule has 1 amide bonds. The van der Waals surface area contributed by atoms with Crippen LogP contribution in [0.15, 0.2) is 67.0 Å². The normalized spacial score (nSPS) is 13.7. The van der Waals surface area contributed by atoms with Crippen molar-refractivity contribution in [1.82, 2.24) is 30.1 Å². The molecule has 0 saturated carbocycles. The average molecular weight is 594 g/mol. The lowest BCUT2D eigenvalue weighted by Gasteiger charge is -2.12. The fourth-order valence-corrected chi connectivity index (χ4v) is 3.87. The molecule has 1 aliphatic rings. The van der Waals surface area contributed by atoms with Crippen LogP contribution in [0, 0.1) is 38.3 Å². The van der Waals surface area contributed by atoms with Gasteiger partial charge < -0.3 is 15.4 Å². The zero-order chi connectivity index (χ0) is 31.6. The van der Waals surface area contributed by atoms with Gasteiger partial charge in [0.1, 0.15) is 17.3 Å². The van der Waals surface area contributed by atoms with Gasteiger partial charge in [-0.2, -0.15) is 10.2 Å². The fourth-order valence-electron chi connectivity index (χ4n) is 3.87. The van der Waals surface area contributed by atoms with E-state index in [4.69, 9.17) is 14.7 Å². The molecular weight excluding hydrogens is 556 g/mol. The Hall–Kier alpha value is -4.70. The molecule has 12 heteroatoms. The van der Waals surface area contributed by atoms with E-state index in [0.29, 0.717) is 19.6 Å². The van der Waals surface area contributed by atoms with Gasteiger partial charge in [0, 0.05) is 50.8 Å². The number of para-hydroxylation sites is 1. The lowest BCUT2D eigenvalue weighted by molar-refractivity contribution is -0.118. The van der Waals surface area contributed by atoms with Gasteiger partial charge in [0.05, 0.1) is 24.9 Å². The number of ether oxygens (including phenoxy) is 1. The third kappa shape index (κ3) is 10.6. The lowest BCUT2D eigenvalue weighted by atomic mass is 10.1. The summed E-state index contributed by atoms with van der Waals surface area (Å²) >= 11 is 0. The Labute approximate surface area is 251 Å². The molecule has 0 unspecified atom stereocenters. The van der Waals surface area contributed by atoms with Crippen LogP contribution in [0.5, 0.6) is 0 Å². The molecule has 1 fully saturated rings. The summed E-state index contributed by atoms with van der Waals surface area (Å²) in [6, 6.07) is 15.2. The number of terminal acetylenes is 1. The summed E-state index contributed by atoms with van der Waals surface area (Å²) in [5.41, 5.74) is 3.91. The minimum atomic E-state index is -0.799. The van der Waals surface area contributed by atoms with E-state index >= 15 is 0 Å². The van der Waals surface area contributed by atoms with Gasteiger partial charge in [-0.1, -0.05) is 30.3 Å². The number of hydrogen-bond donors (Lipinski definition) is 2. The van der Waals surface area contributed by atoms with Crippen LogP contribution in [-0.4, -0.2) is 77.7 Å². The zero-order valence-electron chi connectivity index (χ0n) is 24.7. The highest BCUT2D eigenvalue weighted by Crippen LogP contribution is 2.29. The number of methoxy groups -OCH3 is 1. The predicted molar refractivity (Wildman–Crippen MR) is 162 cm³/mol. The Morgan fingerprint density at radius 3 is 2.19 bits per heavy atom. The number of nitrogens with one attached hydrogen (secondary N) is 2. The van der Waals surface area contributed by atoms with Crippen molar-refractivity contribution in [3.05, 3.63) is 90.0 Å². The van der Waals surface area contributed by atoms with Crippen LogP contribution in [-0.2, 0) is 14.4 Å². The monoisotopic (exact) mass is 593 g/mol. The Bertz CT molecular complexity index is 1380. The number of amides is 1. The summed E-state index contributed by atoms with van der Waals surface area (Å²) in [7, 11) is 3.55. The van der Waals surface area contributed by atoms with Gasteiger partial charge in [0.2, 0.25) is 6.41 Å². The number of aromatic nitrogens is 4. The second-order valence-corrected chi connectivity index (χ2v) is 8.91. The molecule has 0 radical (unpaired) electrons. The molecule has 2 aromatic heterocycles. The van der Waals surface area contributed by atoms with Crippen molar-refractivity contribution in [2.75, 3.05) is 45.8 Å². The van der Waals surface area contributed by atoms with Gasteiger partial charge in [0.15, 0.2) is 11.6 Å². The molecule has 1 atom stereocenters. The van der Waals surface area contributed by atoms with Crippen LogP contribution in [0.2, 0.25) is 0 Å². The van der Waals surface area contributed by atoms with E-state index in [-0.39, 0.29) is 6.04 Å². The SMILES string of the molecule is C#C.CNc1c(C)c(-c2cnc(C)nc2)nn1-c1ccccc1.COCCN1C[C@@H](NC=O)CO1.Fc1ccccc1F. The highest BCUT2D eigenvalue weighted by atomic mass is 19.2. The maximum atomic E-state index is 11.9. The van der Waals surface area contributed by atoms with Crippen LogP contribution in [0.4, 0.5) is 14.6 Å². The van der Waals surface area contributed by atoms with E-state index in [9.17, 15) is 13.6 Å². The smallest absolute Gasteiger partial charge is 0.207 e. The van der Waals surface area contributed by atoms with Gasteiger partial charge >= 0.3 is 0 Å². The van der Waals surface area contributed by atoms with Gasteiger partial charge in [-0.3, -0.25) is 9.63 Å². The first-order valence-electron chi connectivity index (χ1n) is 13.3.